The third-order valence-corrected chi connectivity index (χ3v) is 2.98. The van der Waals surface area contributed by atoms with Gasteiger partial charge >= 0.3 is 0 Å². The molecule has 1 aromatic heterocycles. The lowest BCUT2D eigenvalue weighted by Gasteiger charge is -2.08. The summed E-state index contributed by atoms with van der Waals surface area (Å²) < 4.78 is 5.47. The molecule has 0 saturated heterocycles. The highest BCUT2D eigenvalue weighted by molar-refractivity contribution is 6.36. The highest BCUT2D eigenvalue weighted by Crippen LogP contribution is 2.29. The molecule has 17 heavy (non-hydrogen) atoms. The lowest BCUT2D eigenvalue weighted by Crippen LogP contribution is -2.02. The van der Waals surface area contributed by atoms with Crippen LogP contribution in [0.2, 0.25) is 10.0 Å². The number of nitrogens with zero attached hydrogens (tertiary/aromatic N) is 1. The first-order valence-electron chi connectivity index (χ1n) is 5.89. The van der Waals surface area contributed by atoms with Crippen LogP contribution in [0, 0.1) is 0 Å². The van der Waals surface area contributed by atoms with Gasteiger partial charge in [-0.2, -0.15) is 4.98 Å². The fraction of sp³-hybridized carbons (Fsp3) is 0.583. The van der Waals surface area contributed by atoms with Gasteiger partial charge in [0.1, 0.15) is 10.8 Å². The standard InChI is InChI=1S/C12H18Cl2N2O/c1-2-3-4-5-6-7-17-12-10(14)8-9(13)11(15)16-12/h8H,2-7H2,1H3,(H2,15,16). The molecule has 96 valence electrons. The molecule has 0 aliphatic carbocycles. The molecule has 3 nitrogen and oxygen atoms in total. The van der Waals surface area contributed by atoms with Crippen LogP contribution < -0.4 is 10.5 Å². The van der Waals surface area contributed by atoms with Crippen LogP contribution in [0.3, 0.4) is 0 Å². The van der Waals surface area contributed by atoms with Gasteiger partial charge < -0.3 is 10.5 Å². The summed E-state index contributed by atoms with van der Waals surface area (Å²) in [4.78, 5) is 4.00. The summed E-state index contributed by atoms with van der Waals surface area (Å²) in [5, 5.41) is 0.753. The van der Waals surface area contributed by atoms with Crippen LogP contribution in [0.25, 0.3) is 0 Å². The second-order valence-corrected chi connectivity index (χ2v) is 4.72. The smallest absolute Gasteiger partial charge is 0.234 e. The third-order valence-electron chi connectivity index (χ3n) is 2.41. The van der Waals surface area contributed by atoms with Crippen molar-refractivity contribution in [3.05, 3.63) is 16.1 Å². The average Bonchev–Trinajstić information content (AvgIpc) is 2.30. The van der Waals surface area contributed by atoms with Crippen LogP contribution >= 0.6 is 23.2 Å². The minimum Gasteiger partial charge on any atom is -0.477 e. The summed E-state index contributed by atoms with van der Waals surface area (Å²) in [6, 6.07) is 1.55. The number of halogens is 2. The van der Waals surface area contributed by atoms with Crippen LogP contribution in [0.4, 0.5) is 5.82 Å². The van der Waals surface area contributed by atoms with Crippen molar-refractivity contribution in [1.29, 1.82) is 0 Å². The molecule has 2 N–H and O–H groups in total. The Bertz CT molecular complexity index is 359. The Morgan fingerprint density at radius 1 is 1.18 bits per heavy atom. The maximum absolute atomic E-state index is 5.94. The van der Waals surface area contributed by atoms with E-state index in [-0.39, 0.29) is 5.82 Å². The van der Waals surface area contributed by atoms with E-state index in [1.165, 1.54) is 19.3 Å². The van der Waals surface area contributed by atoms with Crippen molar-refractivity contribution in [3.8, 4) is 5.88 Å². The van der Waals surface area contributed by atoms with Gasteiger partial charge in [0.2, 0.25) is 5.88 Å². The van der Waals surface area contributed by atoms with Crippen LogP contribution in [-0.2, 0) is 0 Å². The zero-order valence-electron chi connectivity index (χ0n) is 10.0. The molecule has 0 radical (unpaired) electrons. The predicted molar refractivity (Wildman–Crippen MR) is 72.9 cm³/mol. The maximum atomic E-state index is 5.94. The number of rotatable bonds is 7. The molecule has 1 rings (SSSR count). The van der Waals surface area contributed by atoms with Gasteiger partial charge in [-0.15, -0.1) is 0 Å². The van der Waals surface area contributed by atoms with E-state index in [2.05, 4.69) is 11.9 Å². The molecule has 0 atom stereocenters. The van der Waals surface area contributed by atoms with E-state index < -0.39 is 0 Å². The second-order valence-electron chi connectivity index (χ2n) is 3.91. The summed E-state index contributed by atoms with van der Waals surface area (Å²) in [5.41, 5.74) is 5.58. The molecule has 0 aromatic carbocycles. The largest absolute Gasteiger partial charge is 0.477 e. The predicted octanol–water partition coefficient (Wildman–Crippen LogP) is 4.32. The number of pyridine rings is 1. The van der Waals surface area contributed by atoms with E-state index in [0.29, 0.717) is 22.5 Å². The number of unbranched alkanes of at least 4 members (excludes halogenated alkanes) is 4. The van der Waals surface area contributed by atoms with Crippen molar-refractivity contribution in [3.63, 3.8) is 0 Å². The van der Waals surface area contributed by atoms with Gasteiger partial charge in [-0.05, 0) is 12.5 Å². The molecule has 0 fully saturated rings. The Balaban J connectivity index is 2.34. The van der Waals surface area contributed by atoms with Gasteiger partial charge in [0, 0.05) is 0 Å². The van der Waals surface area contributed by atoms with E-state index in [9.17, 15) is 0 Å². The van der Waals surface area contributed by atoms with Gasteiger partial charge in [0.05, 0.1) is 11.6 Å². The van der Waals surface area contributed by atoms with Crippen molar-refractivity contribution in [1.82, 2.24) is 4.98 Å². The van der Waals surface area contributed by atoms with Crippen molar-refractivity contribution in [2.75, 3.05) is 12.3 Å². The van der Waals surface area contributed by atoms with E-state index in [1.54, 1.807) is 6.07 Å². The minimum absolute atomic E-state index is 0.247. The van der Waals surface area contributed by atoms with E-state index in [0.717, 1.165) is 12.8 Å². The monoisotopic (exact) mass is 276 g/mol. The van der Waals surface area contributed by atoms with E-state index in [1.807, 2.05) is 0 Å². The maximum Gasteiger partial charge on any atom is 0.234 e. The van der Waals surface area contributed by atoms with Crippen molar-refractivity contribution < 1.29 is 4.74 Å². The zero-order valence-corrected chi connectivity index (χ0v) is 11.5. The molecule has 0 aliphatic rings. The quantitative estimate of drug-likeness (QED) is 0.755. The molecule has 0 unspecified atom stereocenters. The Morgan fingerprint density at radius 3 is 2.59 bits per heavy atom. The molecule has 0 spiro atoms. The normalized spacial score (nSPS) is 10.5. The number of anilines is 1. The van der Waals surface area contributed by atoms with Crippen molar-refractivity contribution in [2.45, 2.75) is 39.0 Å². The van der Waals surface area contributed by atoms with Gasteiger partial charge in [-0.3, -0.25) is 0 Å². The molecule has 5 heteroatoms. The summed E-state index contributed by atoms with van der Waals surface area (Å²) in [5.74, 6) is 0.612. The molecular formula is C12H18Cl2N2O. The number of hydrogen-bond acceptors (Lipinski definition) is 3. The first-order valence-corrected chi connectivity index (χ1v) is 6.65. The first-order chi connectivity index (χ1) is 8.15. The van der Waals surface area contributed by atoms with Crippen LogP contribution in [0.15, 0.2) is 6.07 Å². The van der Waals surface area contributed by atoms with Crippen molar-refractivity contribution in [2.24, 2.45) is 0 Å². The summed E-state index contributed by atoms with van der Waals surface area (Å²) >= 11 is 11.7. The third kappa shape index (κ3) is 5.00. The van der Waals surface area contributed by atoms with Crippen LogP contribution in [0.5, 0.6) is 5.88 Å². The Morgan fingerprint density at radius 2 is 1.88 bits per heavy atom. The Hall–Kier alpha value is -0.670. The highest BCUT2D eigenvalue weighted by Gasteiger charge is 2.07. The lowest BCUT2D eigenvalue weighted by molar-refractivity contribution is 0.294. The van der Waals surface area contributed by atoms with Gasteiger partial charge in [0.25, 0.3) is 0 Å². The highest BCUT2D eigenvalue weighted by atomic mass is 35.5. The molecular weight excluding hydrogens is 259 g/mol. The number of nitrogen functional groups attached to an aromatic ring is 1. The lowest BCUT2D eigenvalue weighted by atomic mass is 10.2. The molecule has 0 bridgehead atoms. The number of hydrogen-bond donors (Lipinski definition) is 1. The molecule has 0 aliphatic heterocycles. The SMILES string of the molecule is CCCCCCCOc1nc(N)c(Cl)cc1Cl. The minimum atomic E-state index is 0.247. The summed E-state index contributed by atoms with van der Waals surface area (Å²) in [6.07, 6.45) is 5.91. The van der Waals surface area contributed by atoms with Gasteiger partial charge in [-0.1, -0.05) is 55.8 Å². The molecule has 1 heterocycles. The Labute approximate surface area is 112 Å². The molecule has 0 amide bonds. The van der Waals surface area contributed by atoms with E-state index in [4.69, 9.17) is 33.7 Å². The summed E-state index contributed by atoms with van der Waals surface area (Å²) in [6.45, 7) is 2.80. The first kappa shape index (κ1) is 14.4. The number of ether oxygens (including phenoxy) is 1. The van der Waals surface area contributed by atoms with Gasteiger partial charge in [0.15, 0.2) is 0 Å². The van der Waals surface area contributed by atoms with Crippen molar-refractivity contribution >= 4 is 29.0 Å². The fourth-order valence-corrected chi connectivity index (χ4v) is 1.85. The molecule has 0 saturated carbocycles. The van der Waals surface area contributed by atoms with Crippen LogP contribution in [-0.4, -0.2) is 11.6 Å². The second kappa shape index (κ2) is 7.62. The fourth-order valence-electron chi connectivity index (χ4n) is 1.44. The number of aromatic nitrogens is 1. The van der Waals surface area contributed by atoms with Crippen LogP contribution in [0.1, 0.15) is 39.0 Å². The van der Waals surface area contributed by atoms with Gasteiger partial charge in [-0.25, -0.2) is 0 Å². The topological polar surface area (TPSA) is 48.1 Å². The number of nitrogens with two attached hydrogens (primary N) is 1. The zero-order chi connectivity index (χ0) is 12.7. The molecule has 1 aromatic rings. The van der Waals surface area contributed by atoms with E-state index >= 15 is 0 Å². The summed E-state index contributed by atoms with van der Waals surface area (Å²) in [7, 11) is 0. The Kier molecular flexibility index (Phi) is 6.45. The average molecular weight is 277 g/mol.